The molecule has 1 aliphatic heterocycles. The van der Waals surface area contributed by atoms with Crippen LogP contribution in [0.15, 0.2) is 23.1 Å². The van der Waals surface area contributed by atoms with E-state index in [1.807, 2.05) is 7.05 Å². The minimum Gasteiger partial charge on any atom is -0.305 e. The lowest BCUT2D eigenvalue weighted by atomic mass is 10.4. The summed E-state index contributed by atoms with van der Waals surface area (Å²) in [5, 5.41) is 0.358. The van der Waals surface area contributed by atoms with Gasteiger partial charge >= 0.3 is 0 Å². The van der Waals surface area contributed by atoms with E-state index in [0.29, 0.717) is 13.1 Å². The highest BCUT2D eigenvalue weighted by Gasteiger charge is 2.28. The summed E-state index contributed by atoms with van der Waals surface area (Å²) in [7, 11) is -1.58. The van der Waals surface area contributed by atoms with Crippen molar-refractivity contribution in [1.29, 1.82) is 0 Å². The number of sulfonamides is 1. The van der Waals surface area contributed by atoms with Crippen LogP contribution >= 0.6 is 35.6 Å². The van der Waals surface area contributed by atoms with Crippen molar-refractivity contribution in [1.82, 2.24) is 9.21 Å². The highest BCUT2D eigenvalue weighted by atomic mass is 35.5. The molecule has 0 spiro atoms. The zero-order valence-electron chi connectivity index (χ0n) is 11.1. The predicted octanol–water partition coefficient (Wildman–Crippen LogP) is 2.74. The Kier molecular flexibility index (Phi) is 6.57. The van der Waals surface area contributed by atoms with E-state index in [1.165, 1.54) is 10.4 Å². The summed E-state index contributed by atoms with van der Waals surface area (Å²) in [5.74, 6) is 0. The van der Waals surface area contributed by atoms with Crippen molar-refractivity contribution in [3.8, 4) is 0 Å². The first kappa shape index (κ1) is 18.0. The van der Waals surface area contributed by atoms with Gasteiger partial charge in [-0.3, -0.25) is 0 Å². The summed E-state index contributed by atoms with van der Waals surface area (Å²) in [6, 6.07) is 4.68. The van der Waals surface area contributed by atoms with Crippen LogP contribution in [0.25, 0.3) is 0 Å². The summed E-state index contributed by atoms with van der Waals surface area (Å²) in [5.41, 5.74) is 0. The molecular weight excluding hydrogens is 343 g/mol. The van der Waals surface area contributed by atoms with Crippen molar-refractivity contribution in [2.75, 3.05) is 33.2 Å². The van der Waals surface area contributed by atoms with Gasteiger partial charge in [0.1, 0.15) is 4.90 Å². The zero-order valence-corrected chi connectivity index (χ0v) is 14.2. The second-order valence-corrected chi connectivity index (χ2v) is 7.30. The van der Waals surface area contributed by atoms with Crippen molar-refractivity contribution in [2.45, 2.75) is 11.3 Å². The van der Waals surface area contributed by atoms with Crippen LogP contribution < -0.4 is 0 Å². The van der Waals surface area contributed by atoms with Gasteiger partial charge in [0.2, 0.25) is 10.0 Å². The Morgan fingerprint density at radius 1 is 1.10 bits per heavy atom. The maximum atomic E-state index is 12.6. The number of hydrogen-bond donors (Lipinski definition) is 0. The van der Waals surface area contributed by atoms with Crippen LogP contribution in [-0.4, -0.2) is 50.8 Å². The van der Waals surface area contributed by atoms with Gasteiger partial charge in [-0.15, -0.1) is 12.4 Å². The van der Waals surface area contributed by atoms with E-state index in [9.17, 15) is 8.42 Å². The molecule has 0 radical (unpaired) electrons. The Bertz CT molecular complexity index is 566. The summed E-state index contributed by atoms with van der Waals surface area (Å²) in [6.07, 6.45) is 0.813. The number of halogens is 3. The SMILES string of the molecule is CN1CCCN(S(=O)(=O)c2cccc(Cl)c2Cl)CC1.Cl. The van der Waals surface area contributed by atoms with Crippen molar-refractivity contribution < 1.29 is 8.42 Å². The van der Waals surface area contributed by atoms with E-state index in [0.717, 1.165) is 19.5 Å². The van der Waals surface area contributed by atoms with E-state index in [2.05, 4.69) is 4.90 Å². The monoisotopic (exact) mass is 358 g/mol. The third kappa shape index (κ3) is 3.78. The van der Waals surface area contributed by atoms with Gasteiger partial charge in [-0.25, -0.2) is 8.42 Å². The van der Waals surface area contributed by atoms with Crippen LogP contribution in [0.3, 0.4) is 0 Å². The van der Waals surface area contributed by atoms with Crippen LogP contribution in [0.2, 0.25) is 10.0 Å². The molecule has 1 fully saturated rings. The molecule has 0 unspecified atom stereocenters. The quantitative estimate of drug-likeness (QED) is 0.815. The van der Waals surface area contributed by atoms with Gasteiger partial charge in [-0.1, -0.05) is 29.3 Å². The van der Waals surface area contributed by atoms with Gasteiger partial charge in [0, 0.05) is 19.6 Å². The summed E-state index contributed by atoms with van der Waals surface area (Å²) in [4.78, 5) is 2.21. The van der Waals surface area contributed by atoms with E-state index in [1.54, 1.807) is 12.1 Å². The zero-order chi connectivity index (χ0) is 14.0. The highest BCUT2D eigenvalue weighted by molar-refractivity contribution is 7.89. The fraction of sp³-hybridized carbons (Fsp3) is 0.500. The molecule has 20 heavy (non-hydrogen) atoms. The lowest BCUT2D eigenvalue weighted by molar-refractivity contribution is 0.347. The Labute approximate surface area is 136 Å². The third-order valence-electron chi connectivity index (χ3n) is 3.21. The van der Waals surface area contributed by atoms with Gasteiger partial charge < -0.3 is 4.90 Å². The van der Waals surface area contributed by atoms with E-state index in [4.69, 9.17) is 23.2 Å². The molecule has 1 heterocycles. The van der Waals surface area contributed by atoms with Crippen LogP contribution in [0, 0.1) is 0 Å². The van der Waals surface area contributed by atoms with Crippen molar-refractivity contribution >= 4 is 45.6 Å². The van der Waals surface area contributed by atoms with Gasteiger partial charge in [-0.05, 0) is 32.1 Å². The van der Waals surface area contributed by atoms with E-state index >= 15 is 0 Å². The molecule has 1 aromatic rings. The van der Waals surface area contributed by atoms with Crippen LogP contribution in [-0.2, 0) is 10.0 Å². The number of nitrogens with zero attached hydrogens (tertiary/aromatic N) is 2. The second-order valence-electron chi connectivity index (χ2n) is 4.61. The molecule has 0 amide bonds. The molecule has 1 saturated heterocycles. The number of benzene rings is 1. The molecule has 0 saturated carbocycles. The third-order valence-corrected chi connectivity index (χ3v) is 6.08. The van der Waals surface area contributed by atoms with Crippen molar-refractivity contribution in [3.05, 3.63) is 28.2 Å². The molecule has 1 aliphatic rings. The normalized spacial score (nSPS) is 18.4. The lowest BCUT2D eigenvalue weighted by Crippen LogP contribution is -2.34. The number of hydrogen-bond acceptors (Lipinski definition) is 3. The molecule has 0 aromatic heterocycles. The van der Waals surface area contributed by atoms with Gasteiger partial charge in [-0.2, -0.15) is 4.31 Å². The molecule has 8 heteroatoms. The molecule has 0 bridgehead atoms. The van der Waals surface area contributed by atoms with Crippen molar-refractivity contribution in [2.24, 2.45) is 0 Å². The van der Waals surface area contributed by atoms with Crippen LogP contribution in [0.1, 0.15) is 6.42 Å². The molecular formula is C12H17Cl3N2O2S. The second kappa shape index (κ2) is 7.29. The molecule has 0 aliphatic carbocycles. The largest absolute Gasteiger partial charge is 0.305 e. The minimum atomic E-state index is -3.57. The van der Waals surface area contributed by atoms with Crippen LogP contribution in [0.4, 0.5) is 0 Å². The molecule has 0 atom stereocenters. The Morgan fingerprint density at radius 3 is 2.50 bits per heavy atom. The molecule has 4 nitrogen and oxygen atoms in total. The lowest BCUT2D eigenvalue weighted by Gasteiger charge is -2.21. The average Bonchev–Trinajstić information content (AvgIpc) is 2.57. The molecule has 114 valence electrons. The Hall–Kier alpha value is -0.0400. The topological polar surface area (TPSA) is 40.6 Å². The number of rotatable bonds is 2. The first-order valence-electron chi connectivity index (χ1n) is 6.05. The summed E-state index contributed by atoms with van der Waals surface area (Å²) >= 11 is 11.9. The maximum Gasteiger partial charge on any atom is 0.244 e. The van der Waals surface area contributed by atoms with Gasteiger partial charge in [0.05, 0.1) is 10.0 Å². The van der Waals surface area contributed by atoms with Gasteiger partial charge in [0.15, 0.2) is 0 Å². The van der Waals surface area contributed by atoms with Crippen LogP contribution in [0.5, 0.6) is 0 Å². The minimum absolute atomic E-state index is 0. The van der Waals surface area contributed by atoms with Crippen molar-refractivity contribution in [3.63, 3.8) is 0 Å². The number of likely N-dealkylation sites (N-methyl/N-ethyl adjacent to an activating group) is 1. The average molecular weight is 360 g/mol. The summed E-state index contributed by atoms with van der Waals surface area (Å²) in [6.45, 7) is 2.60. The Balaban J connectivity index is 0.00000200. The smallest absolute Gasteiger partial charge is 0.244 e. The Morgan fingerprint density at radius 2 is 1.80 bits per heavy atom. The molecule has 1 aromatic carbocycles. The maximum absolute atomic E-state index is 12.6. The standard InChI is InChI=1S/C12H16Cl2N2O2S.ClH/c1-15-6-3-7-16(9-8-15)19(17,18)11-5-2-4-10(13)12(11)14;/h2,4-5H,3,6-9H2,1H3;1H. The molecule has 2 rings (SSSR count). The highest BCUT2D eigenvalue weighted by Crippen LogP contribution is 2.31. The summed E-state index contributed by atoms with van der Waals surface area (Å²) < 4.78 is 26.6. The first-order valence-corrected chi connectivity index (χ1v) is 8.25. The first-order chi connectivity index (χ1) is 8.93. The van der Waals surface area contributed by atoms with E-state index in [-0.39, 0.29) is 27.3 Å². The fourth-order valence-electron chi connectivity index (χ4n) is 2.09. The fourth-order valence-corrected chi connectivity index (χ4v) is 4.29. The predicted molar refractivity (Wildman–Crippen MR) is 84.6 cm³/mol. The van der Waals surface area contributed by atoms with Gasteiger partial charge in [0.25, 0.3) is 0 Å². The van der Waals surface area contributed by atoms with E-state index < -0.39 is 10.0 Å². The molecule has 0 N–H and O–H groups in total.